The van der Waals surface area contributed by atoms with Gasteiger partial charge < -0.3 is 5.11 Å². The van der Waals surface area contributed by atoms with Crippen molar-refractivity contribution in [2.75, 3.05) is 0 Å². The Morgan fingerprint density at radius 2 is 1.46 bits per heavy atom. The van der Waals surface area contributed by atoms with Crippen molar-refractivity contribution in [1.82, 2.24) is 0 Å². The van der Waals surface area contributed by atoms with Crippen LogP contribution in [0.5, 0.6) is 5.75 Å². The van der Waals surface area contributed by atoms with Gasteiger partial charge in [0.1, 0.15) is 5.75 Å². The number of rotatable bonds is 0. The van der Waals surface area contributed by atoms with Crippen molar-refractivity contribution >= 4 is 26.9 Å². The summed E-state index contributed by atoms with van der Waals surface area (Å²) in [6, 6.07) is 8.71. The van der Waals surface area contributed by atoms with Gasteiger partial charge in [0.05, 0.1) is 9.52 Å². The molecule has 0 bridgehead atoms. The summed E-state index contributed by atoms with van der Waals surface area (Å²) in [6.07, 6.45) is 4.23. The number of benzene rings is 1. The molecule has 1 nitrogen and oxygen atoms in total. The van der Waals surface area contributed by atoms with Crippen LogP contribution in [0.2, 0.25) is 0 Å². The summed E-state index contributed by atoms with van der Waals surface area (Å²) in [7, 11) is 0.182. The van der Waals surface area contributed by atoms with Crippen LogP contribution >= 0.6 is 0 Å². The van der Waals surface area contributed by atoms with E-state index in [1.807, 2.05) is 6.07 Å². The summed E-state index contributed by atoms with van der Waals surface area (Å²) in [4.78, 5) is 0. The van der Waals surface area contributed by atoms with E-state index in [1.165, 1.54) is 0 Å². The monoisotopic (exact) mass is 206 g/mol. The largest absolute Gasteiger partial charge is 0.508 e. The Balaban J connectivity index is 0.000000215. The second kappa shape index (κ2) is 7.88. The summed E-state index contributed by atoms with van der Waals surface area (Å²) >= 11 is 0. The van der Waals surface area contributed by atoms with Crippen LogP contribution in [0.15, 0.2) is 53.9 Å². The predicted molar refractivity (Wildman–Crippen MR) is 64.9 cm³/mol. The van der Waals surface area contributed by atoms with E-state index in [0.717, 1.165) is 0 Å². The van der Waals surface area contributed by atoms with Gasteiger partial charge >= 0.3 is 0 Å². The van der Waals surface area contributed by atoms with E-state index in [2.05, 4.69) is 23.6 Å². The van der Waals surface area contributed by atoms with Crippen LogP contribution < -0.4 is 0 Å². The minimum absolute atomic E-state index is 0. The Bertz CT molecular complexity index is 260. The van der Waals surface area contributed by atoms with Crippen molar-refractivity contribution < 1.29 is 5.11 Å². The lowest BCUT2D eigenvalue weighted by atomic mass is 10.3. The van der Waals surface area contributed by atoms with Gasteiger partial charge in [0.15, 0.2) is 17.4 Å². The maximum Gasteiger partial charge on any atom is 0.187 e. The molecule has 0 aromatic heterocycles. The molecular formula is C10H15AlOSi. The lowest BCUT2D eigenvalue weighted by molar-refractivity contribution is 0.475. The fourth-order valence-electron chi connectivity index (χ4n) is 0.821. The topological polar surface area (TPSA) is 20.2 Å². The highest BCUT2D eigenvalue weighted by Gasteiger charge is 1.75. The van der Waals surface area contributed by atoms with Crippen molar-refractivity contribution in [1.29, 1.82) is 0 Å². The molecule has 3 heteroatoms. The molecule has 1 N–H and O–H groups in total. The van der Waals surface area contributed by atoms with E-state index in [1.54, 1.807) is 24.3 Å². The van der Waals surface area contributed by atoms with Crippen LogP contribution in [0.3, 0.4) is 0 Å². The number of hydrogen-bond acceptors (Lipinski definition) is 1. The fraction of sp³-hybridized carbons (Fsp3) is 0. The Morgan fingerprint density at radius 3 is 1.69 bits per heavy atom. The fourth-order valence-corrected chi connectivity index (χ4v) is 1.61. The molecule has 1 aromatic rings. The van der Waals surface area contributed by atoms with Gasteiger partial charge in [0, 0.05) is 0 Å². The minimum atomic E-state index is 0. The Kier molecular flexibility index (Phi) is 7.42. The van der Waals surface area contributed by atoms with E-state index < -0.39 is 0 Å². The lowest BCUT2D eigenvalue weighted by Crippen LogP contribution is -1.63. The SMILES string of the molecule is C1=C[SiH2]C=C1.Oc1ccccc1.[AlH3]. The van der Waals surface area contributed by atoms with Crippen LogP contribution in [0, 0.1) is 0 Å². The number of phenols is 1. The average Bonchev–Trinajstić information content (AvgIpc) is 2.62. The van der Waals surface area contributed by atoms with Crippen LogP contribution in [0.4, 0.5) is 0 Å². The molecule has 0 spiro atoms. The minimum Gasteiger partial charge on any atom is -0.508 e. The number of allylic oxidation sites excluding steroid dienone is 2. The highest BCUT2D eigenvalue weighted by molar-refractivity contribution is 6.49. The van der Waals surface area contributed by atoms with E-state index in [-0.39, 0.29) is 26.9 Å². The zero-order chi connectivity index (χ0) is 8.65. The molecule has 1 aliphatic heterocycles. The molecule has 0 saturated heterocycles. The van der Waals surface area contributed by atoms with Crippen molar-refractivity contribution in [3.63, 3.8) is 0 Å². The quantitative estimate of drug-likeness (QED) is 0.609. The molecular weight excluding hydrogens is 191 g/mol. The maximum atomic E-state index is 8.63. The number of para-hydroxylation sites is 1. The standard InChI is InChI=1S/C6H6O.C4H6Si.Al.3H/c7-6-4-2-1-3-5-6;1-2-4-5-3-1;;;;/h1-5,7H;1-4H,5H2;;;;. The van der Waals surface area contributed by atoms with Gasteiger partial charge in [-0.1, -0.05) is 41.7 Å². The van der Waals surface area contributed by atoms with Crippen LogP contribution in [0.1, 0.15) is 0 Å². The van der Waals surface area contributed by atoms with E-state index in [9.17, 15) is 0 Å². The van der Waals surface area contributed by atoms with E-state index in [0.29, 0.717) is 5.75 Å². The normalized spacial score (nSPS) is 11.4. The van der Waals surface area contributed by atoms with Gasteiger partial charge in [-0.2, -0.15) is 0 Å². The molecule has 1 aromatic carbocycles. The van der Waals surface area contributed by atoms with Gasteiger partial charge in [0.25, 0.3) is 0 Å². The number of hydrogen-bond donors (Lipinski definition) is 1. The Labute approximate surface area is 91.8 Å². The molecule has 2 rings (SSSR count). The third-order valence-corrected chi connectivity index (χ3v) is 2.50. The van der Waals surface area contributed by atoms with Crippen LogP contribution in [-0.4, -0.2) is 32.0 Å². The molecule has 0 radical (unpaired) electrons. The molecule has 1 heterocycles. The van der Waals surface area contributed by atoms with Gasteiger partial charge in [-0.25, -0.2) is 0 Å². The van der Waals surface area contributed by atoms with Crippen molar-refractivity contribution in [2.24, 2.45) is 0 Å². The molecule has 0 aliphatic carbocycles. The molecule has 0 unspecified atom stereocenters. The molecule has 1 aliphatic rings. The van der Waals surface area contributed by atoms with Crippen LogP contribution in [-0.2, 0) is 0 Å². The maximum absolute atomic E-state index is 8.63. The van der Waals surface area contributed by atoms with Crippen LogP contribution in [0.25, 0.3) is 0 Å². The van der Waals surface area contributed by atoms with Crippen molar-refractivity contribution in [3.05, 3.63) is 53.9 Å². The highest BCUT2D eigenvalue weighted by atomic mass is 28.2. The first-order chi connectivity index (χ1) is 5.89. The molecule has 0 atom stereocenters. The van der Waals surface area contributed by atoms with Crippen molar-refractivity contribution in [3.8, 4) is 5.75 Å². The Hall–Kier alpha value is -0.751. The predicted octanol–water partition coefficient (Wildman–Crippen LogP) is 0.404. The van der Waals surface area contributed by atoms with Gasteiger partial charge in [-0.05, 0) is 12.1 Å². The van der Waals surface area contributed by atoms with Crippen molar-refractivity contribution in [2.45, 2.75) is 0 Å². The lowest BCUT2D eigenvalue weighted by Gasteiger charge is -1.82. The number of phenolic OH excluding ortho intramolecular Hbond substituents is 1. The Morgan fingerprint density at radius 1 is 0.923 bits per heavy atom. The summed E-state index contributed by atoms with van der Waals surface area (Å²) in [5, 5.41) is 8.63. The summed E-state index contributed by atoms with van der Waals surface area (Å²) in [6.45, 7) is 0. The third-order valence-electron chi connectivity index (χ3n) is 1.41. The molecule has 0 saturated carbocycles. The van der Waals surface area contributed by atoms with E-state index in [4.69, 9.17) is 5.11 Å². The first-order valence-corrected chi connectivity index (χ1v) is 5.58. The zero-order valence-electron chi connectivity index (χ0n) is 6.85. The van der Waals surface area contributed by atoms with Gasteiger partial charge in [0.2, 0.25) is 0 Å². The smallest absolute Gasteiger partial charge is 0.187 e. The third kappa shape index (κ3) is 6.41. The van der Waals surface area contributed by atoms with Gasteiger partial charge in [-0.3, -0.25) is 0 Å². The first kappa shape index (κ1) is 12.2. The average molecular weight is 206 g/mol. The molecule has 68 valence electrons. The van der Waals surface area contributed by atoms with E-state index >= 15 is 0 Å². The second-order valence-corrected chi connectivity index (χ2v) is 3.84. The molecule has 13 heavy (non-hydrogen) atoms. The molecule has 0 fully saturated rings. The first-order valence-electron chi connectivity index (χ1n) is 3.95. The zero-order valence-corrected chi connectivity index (χ0v) is 8.26. The molecule has 0 amide bonds. The highest BCUT2D eigenvalue weighted by Crippen LogP contribution is 2.02. The number of aromatic hydroxyl groups is 1. The van der Waals surface area contributed by atoms with Gasteiger partial charge in [-0.15, -0.1) is 0 Å². The second-order valence-electron chi connectivity index (χ2n) is 2.43. The summed E-state index contributed by atoms with van der Waals surface area (Å²) in [5.74, 6) is 0.322. The summed E-state index contributed by atoms with van der Waals surface area (Å²) in [5.41, 5.74) is 4.53. The summed E-state index contributed by atoms with van der Waals surface area (Å²) < 4.78 is 0.